The van der Waals surface area contributed by atoms with E-state index in [0.29, 0.717) is 0 Å². The minimum Gasteiger partial charge on any atom is -0.0622 e. The van der Waals surface area contributed by atoms with Gasteiger partial charge in [-0.2, -0.15) is 0 Å². The average molecular weight is 555 g/mol. The van der Waals surface area contributed by atoms with E-state index in [0.717, 1.165) is 0 Å². The van der Waals surface area contributed by atoms with Crippen molar-refractivity contribution in [1.29, 1.82) is 0 Å². The number of rotatable bonds is 3. The maximum atomic E-state index is 2.39. The fourth-order valence-corrected chi connectivity index (χ4v) is 7.96. The van der Waals surface area contributed by atoms with Crippen LogP contribution in [0.3, 0.4) is 0 Å². The quantitative estimate of drug-likeness (QED) is 0.204. The molecule has 0 amide bonds. The van der Waals surface area contributed by atoms with E-state index in [9.17, 15) is 0 Å². The van der Waals surface area contributed by atoms with Crippen LogP contribution in [0.25, 0.3) is 98.0 Å². The third kappa shape index (κ3) is 3.12. The van der Waals surface area contributed by atoms with Gasteiger partial charge in [0.05, 0.1) is 0 Å². The zero-order valence-corrected chi connectivity index (χ0v) is 24.0. The van der Waals surface area contributed by atoms with Crippen LogP contribution < -0.4 is 0 Å². The molecule has 0 aliphatic heterocycles. The van der Waals surface area contributed by atoms with E-state index in [1.807, 2.05) is 0 Å². The van der Waals surface area contributed by atoms with Crippen molar-refractivity contribution >= 4 is 64.6 Å². The summed E-state index contributed by atoms with van der Waals surface area (Å²) in [5, 5.41) is 16.2. The molecule has 0 heterocycles. The van der Waals surface area contributed by atoms with Crippen LogP contribution in [0.15, 0.2) is 158 Å². The molecular weight excluding hydrogens is 528 g/mol. The average Bonchev–Trinajstić information content (AvgIpc) is 3.61. The summed E-state index contributed by atoms with van der Waals surface area (Å²) < 4.78 is 0. The smallest absolute Gasteiger partial charge is 0.000696 e. The van der Waals surface area contributed by atoms with Crippen molar-refractivity contribution in [3.63, 3.8) is 0 Å². The predicted molar refractivity (Wildman–Crippen MR) is 190 cm³/mol. The molecule has 0 bridgehead atoms. The van der Waals surface area contributed by atoms with Gasteiger partial charge in [0.2, 0.25) is 0 Å². The van der Waals surface area contributed by atoms with E-state index in [2.05, 4.69) is 158 Å². The molecule has 0 atom stereocenters. The van der Waals surface area contributed by atoms with Gasteiger partial charge >= 0.3 is 0 Å². The van der Waals surface area contributed by atoms with Gasteiger partial charge in [0.15, 0.2) is 0 Å². The molecule has 202 valence electrons. The van der Waals surface area contributed by atoms with E-state index >= 15 is 0 Å². The van der Waals surface area contributed by atoms with E-state index in [4.69, 9.17) is 0 Å². The molecule has 0 unspecified atom stereocenters. The van der Waals surface area contributed by atoms with Crippen LogP contribution in [0, 0.1) is 0 Å². The zero-order chi connectivity index (χ0) is 28.8. The topological polar surface area (TPSA) is 0 Å². The molecule has 0 aliphatic rings. The Balaban J connectivity index is 1.36. The van der Waals surface area contributed by atoms with Gasteiger partial charge < -0.3 is 0 Å². The van der Waals surface area contributed by atoms with Gasteiger partial charge in [-0.05, 0) is 98.0 Å². The summed E-state index contributed by atoms with van der Waals surface area (Å²) in [6.45, 7) is 0. The summed E-state index contributed by atoms with van der Waals surface area (Å²) in [5.41, 5.74) is 7.62. The Bertz CT molecular complexity index is 2660. The first-order chi connectivity index (χ1) is 21.9. The number of hydrogen-bond donors (Lipinski definition) is 0. The first kappa shape index (κ1) is 23.8. The lowest BCUT2D eigenvalue weighted by molar-refractivity contribution is 1.61. The molecule has 0 saturated carbocycles. The monoisotopic (exact) mass is 554 g/mol. The first-order valence-corrected chi connectivity index (χ1v) is 15.4. The first-order valence-electron chi connectivity index (χ1n) is 15.4. The highest BCUT2D eigenvalue weighted by atomic mass is 14.3. The standard InChI is InChI=1S/C44H26/c1-3-11-27(12-4-1)28-21-23-29(24-22-28)31-25-26-38-40-33(31)17-9-20-37(40)43-39(30-13-5-2-6-14-30)36-19-10-18-34-32-15-7-8-16-35(32)42(41(34)36)44(38)43/h1-26H. The van der Waals surface area contributed by atoms with E-state index in [-0.39, 0.29) is 0 Å². The molecule has 0 aromatic heterocycles. The maximum absolute atomic E-state index is 2.39. The molecule has 0 N–H and O–H groups in total. The van der Waals surface area contributed by atoms with Crippen LogP contribution in [0.4, 0.5) is 0 Å². The van der Waals surface area contributed by atoms with Crippen molar-refractivity contribution in [1.82, 2.24) is 0 Å². The highest BCUT2D eigenvalue weighted by Gasteiger charge is 2.25. The van der Waals surface area contributed by atoms with Crippen LogP contribution in [-0.4, -0.2) is 0 Å². The number of hydrogen-bond acceptors (Lipinski definition) is 0. The lowest BCUT2D eigenvalue weighted by Crippen LogP contribution is -1.84. The van der Waals surface area contributed by atoms with Crippen LogP contribution in [0.2, 0.25) is 0 Å². The second-order valence-corrected chi connectivity index (χ2v) is 12.0. The molecule has 0 saturated heterocycles. The minimum absolute atomic E-state index is 1.24. The van der Waals surface area contributed by atoms with Gasteiger partial charge in [-0.15, -0.1) is 0 Å². The summed E-state index contributed by atoms with van der Waals surface area (Å²) in [6, 6.07) is 58.2. The lowest BCUT2D eigenvalue weighted by Gasteiger charge is -2.12. The molecule has 0 radical (unpaired) electrons. The Kier molecular flexibility index (Phi) is 4.81. The van der Waals surface area contributed by atoms with Crippen molar-refractivity contribution in [3.05, 3.63) is 158 Å². The van der Waals surface area contributed by atoms with E-state index in [1.54, 1.807) is 0 Å². The normalized spacial score (nSPS) is 12.1. The molecule has 0 heteroatoms. The summed E-state index contributed by atoms with van der Waals surface area (Å²) in [4.78, 5) is 0. The van der Waals surface area contributed by atoms with E-state index < -0.39 is 0 Å². The third-order valence-corrected chi connectivity index (χ3v) is 9.77. The molecule has 10 aromatic rings. The zero-order valence-electron chi connectivity index (χ0n) is 24.0. The van der Waals surface area contributed by atoms with Crippen molar-refractivity contribution in [2.75, 3.05) is 0 Å². The van der Waals surface area contributed by atoms with Gasteiger partial charge in [-0.1, -0.05) is 158 Å². The molecule has 0 spiro atoms. The minimum atomic E-state index is 1.24. The largest absolute Gasteiger partial charge is 0.0622 e. The Labute approximate surface area is 255 Å². The summed E-state index contributed by atoms with van der Waals surface area (Å²) in [7, 11) is 0. The molecule has 10 aromatic carbocycles. The highest BCUT2D eigenvalue weighted by Crippen LogP contribution is 2.53. The Morgan fingerprint density at radius 3 is 1.48 bits per heavy atom. The molecular formula is C44H26. The fraction of sp³-hybridized carbons (Fsp3) is 0. The van der Waals surface area contributed by atoms with Crippen LogP contribution in [0.1, 0.15) is 0 Å². The Morgan fingerprint density at radius 2 is 0.705 bits per heavy atom. The van der Waals surface area contributed by atoms with Crippen LogP contribution in [0.5, 0.6) is 0 Å². The van der Waals surface area contributed by atoms with Crippen LogP contribution in [-0.2, 0) is 0 Å². The van der Waals surface area contributed by atoms with Gasteiger partial charge in [-0.25, -0.2) is 0 Å². The van der Waals surface area contributed by atoms with Crippen molar-refractivity contribution < 1.29 is 0 Å². The molecule has 10 rings (SSSR count). The number of benzene rings is 8. The summed E-state index contributed by atoms with van der Waals surface area (Å²) >= 11 is 0. The number of fused-ring (bicyclic) bond motifs is 7. The molecule has 0 nitrogen and oxygen atoms in total. The van der Waals surface area contributed by atoms with Gasteiger partial charge in [0.25, 0.3) is 0 Å². The Morgan fingerprint density at radius 1 is 0.205 bits per heavy atom. The predicted octanol–water partition coefficient (Wildman–Crippen LogP) is 12.5. The summed E-state index contributed by atoms with van der Waals surface area (Å²) in [5.74, 6) is 0. The van der Waals surface area contributed by atoms with E-state index in [1.165, 1.54) is 98.0 Å². The second kappa shape index (κ2) is 8.89. The van der Waals surface area contributed by atoms with Gasteiger partial charge in [-0.3, -0.25) is 0 Å². The molecule has 0 fully saturated rings. The second-order valence-electron chi connectivity index (χ2n) is 12.0. The molecule has 0 aliphatic carbocycles. The van der Waals surface area contributed by atoms with Gasteiger partial charge in [0.1, 0.15) is 0 Å². The highest BCUT2D eigenvalue weighted by molar-refractivity contribution is 6.48. The lowest BCUT2D eigenvalue weighted by atomic mass is 9.90. The maximum Gasteiger partial charge on any atom is -0.000696 e. The fourth-order valence-electron chi connectivity index (χ4n) is 7.96. The SMILES string of the molecule is c1ccc(-c2ccc(-c3ccc4c5c3cccc5c3c(-c5ccccc5)c5cccc6c7ccccc7c(c56)c43)cc2)cc1. The Hall–Kier alpha value is -5.72. The van der Waals surface area contributed by atoms with Crippen molar-refractivity contribution in [2.45, 2.75) is 0 Å². The van der Waals surface area contributed by atoms with Crippen LogP contribution >= 0.6 is 0 Å². The molecule has 44 heavy (non-hydrogen) atoms. The van der Waals surface area contributed by atoms with Gasteiger partial charge in [0, 0.05) is 0 Å². The third-order valence-electron chi connectivity index (χ3n) is 9.77. The van der Waals surface area contributed by atoms with Crippen molar-refractivity contribution in [3.8, 4) is 33.4 Å². The summed E-state index contributed by atoms with van der Waals surface area (Å²) in [6.07, 6.45) is 0. The van der Waals surface area contributed by atoms with Crippen molar-refractivity contribution in [2.24, 2.45) is 0 Å².